The molecule has 0 atom stereocenters. The van der Waals surface area contributed by atoms with Crippen LogP contribution in [0.2, 0.25) is 0 Å². The SMILES string of the molecule is FC(F)(F)c1ccc[c]c1I. The van der Waals surface area contributed by atoms with E-state index in [0.717, 1.165) is 6.07 Å². The maximum absolute atomic E-state index is 12.0. The lowest BCUT2D eigenvalue weighted by Gasteiger charge is -2.06. The van der Waals surface area contributed by atoms with Crippen LogP contribution in [0.25, 0.3) is 0 Å². The van der Waals surface area contributed by atoms with Gasteiger partial charge in [0.1, 0.15) is 0 Å². The van der Waals surface area contributed by atoms with E-state index in [-0.39, 0.29) is 3.57 Å². The molecule has 0 bridgehead atoms. The molecule has 0 heterocycles. The Labute approximate surface area is 75.6 Å². The number of alkyl halides is 3. The Balaban J connectivity index is 3.14. The van der Waals surface area contributed by atoms with E-state index in [1.165, 1.54) is 12.1 Å². The molecule has 1 radical (unpaired) electrons. The van der Waals surface area contributed by atoms with Gasteiger partial charge in [-0.25, -0.2) is 0 Å². The molecule has 0 saturated heterocycles. The van der Waals surface area contributed by atoms with Crippen LogP contribution in [0.15, 0.2) is 18.2 Å². The third-order valence-corrected chi connectivity index (χ3v) is 2.00. The quantitative estimate of drug-likeness (QED) is 0.636. The second kappa shape index (κ2) is 3.00. The number of hydrogen-bond donors (Lipinski definition) is 0. The fourth-order valence-electron chi connectivity index (χ4n) is 0.635. The summed E-state index contributed by atoms with van der Waals surface area (Å²) in [5.74, 6) is 0. The van der Waals surface area contributed by atoms with Crippen LogP contribution in [0.5, 0.6) is 0 Å². The Kier molecular flexibility index (Phi) is 2.41. The number of benzene rings is 1. The number of halogens is 4. The minimum absolute atomic E-state index is 0.109. The largest absolute Gasteiger partial charge is 0.417 e. The predicted octanol–water partition coefficient (Wildman–Crippen LogP) is 3.11. The average molecular weight is 271 g/mol. The fourth-order valence-corrected chi connectivity index (χ4v) is 1.30. The van der Waals surface area contributed by atoms with E-state index in [9.17, 15) is 13.2 Å². The van der Waals surface area contributed by atoms with Gasteiger partial charge >= 0.3 is 6.18 Å². The smallest absolute Gasteiger partial charge is 0.166 e. The molecular weight excluding hydrogens is 268 g/mol. The van der Waals surface area contributed by atoms with Crippen LogP contribution < -0.4 is 0 Å². The Morgan fingerprint density at radius 1 is 1.36 bits per heavy atom. The van der Waals surface area contributed by atoms with Gasteiger partial charge in [0, 0.05) is 3.57 Å². The maximum atomic E-state index is 12.0. The first-order chi connectivity index (χ1) is 5.02. The summed E-state index contributed by atoms with van der Waals surface area (Å²) in [6, 6.07) is 6.29. The van der Waals surface area contributed by atoms with E-state index in [2.05, 4.69) is 6.07 Å². The predicted molar refractivity (Wildman–Crippen MR) is 43.0 cm³/mol. The molecule has 0 nitrogen and oxygen atoms in total. The fraction of sp³-hybridized carbons (Fsp3) is 0.143. The summed E-state index contributed by atoms with van der Waals surface area (Å²) < 4.78 is 36.2. The Bertz CT molecular complexity index is 254. The summed E-state index contributed by atoms with van der Waals surface area (Å²) in [5.41, 5.74) is -0.624. The van der Waals surface area contributed by atoms with E-state index in [1.807, 2.05) is 0 Å². The van der Waals surface area contributed by atoms with Crippen LogP contribution in [0, 0.1) is 9.64 Å². The molecular formula is C7H3F3I. The molecule has 1 rings (SSSR count). The van der Waals surface area contributed by atoms with Crippen LogP contribution in [0.4, 0.5) is 13.2 Å². The van der Waals surface area contributed by atoms with Crippen molar-refractivity contribution in [2.75, 3.05) is 0 Å². The third-order valence-electron chi connectivity index (χ3n) is 1.11. The summed E-state index contributed by atoms with van der Waals surface area (Å²) in [7, 11) is 0. The van der Waals surface area contributed by atoms with Crippen molar-refractivity contribution in [1.82, 2.24) is 0 Å². The van der Waals surface area contributed by atoms with Gasteiger partial charge in [-0.2, -0.15) is 13.2 Å². The van der Waals surface area contributed by atoms with Gasteiger partial charge in [0.15, 0.2) is 0 Å². The zero-order valence-corrected chi connectivity index (χ0v) is 7.40. The first-order valence-corrected chi connectivity index (χ1v) is 3.83. The number of rotatable bonds is 0. The second-order valence-corrected chi connectivity index (χ2v) is 2.97. The zero-order valence-electron chi connectivity index (χ0n) is 5.24. The maximum Gasteiger partial charge on any atom is 0.417 e. The summed E-state index contributed by atoms with van der Waals surface area (Å²) in [6.45, 7) is 0. The topological polar surface area (TPSA) is 0 Å². The molecule has 0 aliphatic rings. The van der Waals surface area contributed by atoms with Crippen molar-refractivity contribution in [2.24, 2.45) is 0 Å². The Morgan fingerprint density at radius 2 is 2.00 bits per heavy atom. The van der Waals surface area contributed by atoms with Gasteiger partial charge < -0.3 is 0 Å². The monoisotopic (exact) mass is 271 g/mol. The van der Waals surface area contributed by atoms with Crippen molar-refractivity contribution in [3.63, 3.8) is 0 Å². The van der Waals surface area contributed by atoms with Crippen molar-refractivity contribution in [2.45, 2.75) is 6.18 Å². The molecule has 0 aromatic heterocycles. The Hall–Kier alpha value is -0.260. The van der Waals surface area contributed by atoms with Gasteiger partial charge in [0.25, 0.3) is 0 Å². The first kappa shape index (κ1) is 8.83. The molecule has 0 aliphatic carbocycles. The minimum Gasteiger partial charge on any atom is -0.166 e. The molecule has 59 valence electrons. The molecule has 0 unspecified atom stereocenters. The normalized spacial score (nSPS) is 11.6. The lowest BCUT2D eigenvalue weighted by molar-refractivity contribution is -0.138. The van der Waals surface area contributed by atoms with Gasteiger partial charge in [-0.15, -0.1) is 0 Å². The highest BCUT2D eigenvalue weighted by Crippen LogP contribution is 2.31. The van der Waals surface area contributed by atoms with Crippen molar-refractivity contribution in [3.8, 4) is 0 Å². The van der Waals surface area contributed by atoms with E-state index < -0.39 is 11.7 Å². The van der Waals surface area contributed by atoms with E-state index in [0.29, 0.717) is 0 Å². The van der Waals surface area contributed by atoms with Crippen molar-refractivity contribution < 1.29 is 13.2 Å². The molecule has 0 spiro atoms. The molecule has 1 aromatic rings. The molecule has 0 N–H and O–H groups in total. The van der Waals surface area contributed by atoms with Crippen molar-refractivity contribution >= 4 is 22.6 Å². The summed E-state index contributed by atoms with van der Waals surface area (Å²) in [6.07, 6.45) is -4.26. The highest BCUT2D eigenvalue weighted by molar-refractivity contribution is 14.1. The molecule has 11 heavy (non-hydrogen) atoms. The van der Waals surface area contributed by atoms with Crippen LogP contribution in [0.1, 0.15) is 5.56 Å². The van der Waals surface area contributed by atoms with Crippen molar-refractivity contribution in [1.29, 1.82) is 0 Å². The first-order valence-electron chi connectivity index (χ1n) is 2.75. The minimum atomic E-state index is -4.26. The van der Waals surface area contributed by atoms with E-state index in [1.54, 1.807) is 22.6 Å². The molecule has 0 aliphatic heterocycles. The van der Waals surface area contributed by atoms with Crippen molar-refractivity contribution in [3.05, 3.63) is 33.4 Å². The summed E-state index contributed by atoms with van der Waals surface area (Å²) in [5, 5.41) is 0. The van der Waals surface area contributed by atoms with Gasteiger partial charge in [0.2, 0.25) is 0 Å². The molecule has 0 fully saturated rings. The number of hydrogen-bond acceptors (Lipinski definition) is 0. The second-order valence-electron chi connectivity index (χ2n) is 1.90. The van der Waals surface area contributed by atoms with Crippen LogP contribution in [0.3, 0.4) is 0 Å². The standard InChI is InChI=1S/C7H3F3I/c8-7(9,10)5-3-1-2-4-6(5)11/h1-3H. The van der Waals surface area contributed by atoms with Gasteiger partial charge in [-0.05, 0) is 34.7 Å². The lowest BCUT2D eigenvalue weighted by Crippen LogP contribution is -2.06. The van der Waals surface area contributed by atoms with E-state index in [4.69, 9.17) is 0 Å². The highest BCUT2D eigenvalue weighted by Gasteiger charge is 2.32. The average Bonchev–Trinajstić information content (AvgIpc) is 1.86. The Morgan fingerprint density at radius 3 is 2.36 bits per heavy atom. The molecule has 1 aromatic carbocycles. The zero-order chi connectivity index (χ0) is 8.48. The van der Waals surface area contributed by atoms with Crippen LogP contribution in [-0.4, -0.2) is 0 Å². The van der Waals surface area contributed by atoms with Gasteiger partial charge in [-0.1, -0.05) is 12.1 Å². The molecule has 4 heteroatoms. The summed E-state index contributed by atoms with van der Waals surface area (Å²) in [4.78, 5) is 0. The third kappa shape index (κ3) is 2.08. The van der Waals surface area contributed by atoms with Gasteiger partial charge in [-0.3, -0.25) is 0 Å². The van der Waals surface area contributed by atoms with Crippen LogP contribution in [-0.2, 0) is 6.18 Å². The molecule has 0 amide bonds. The van der Waals surface area contributed by atoms with E-state index >= 15 is 0 Å². The molecule has 0 saturated carbocycles. The lowest BCUT2D eigenvalue weighted by atomic mass is 10.2. The van der Waals surface area contributed by atoms with Crippen LogP contribution >= 0.6 is 22.6 Å². The highest BCUT2D eigenvalue weighted by atomic mass is 127. The summed E-state index contributed by atoms with van der Waals surface area (Å²) >= 11 is 1.61. The van der Waals surface area contributed by atoms with Gasteiger partial charge in [0.05, 0.1) is 5.56 Å².